The maximum atomic E-state index is 6.04. The summed E-state index contributed by atoms with van der Waals surface area (Å²) >= 11 is 0. The number of hydrogen-bond donors (Lipinski definition) is 0. The largest absolute Gasteiger partial charge is 0.497 e. The molecular weight excluding hydrogens is 292 g/mol. The quantitative estimate of drug-likeness (QED) is 0.749. The SMILES string of the molecule is CC[C@@H]1C[C@@H](C[C@@H](C)OCc2ccc(OC)cc2)OC(C)(C)O1. The molecule has 0 unspecified atom stereocenters. The summed E-state index contributed by atoms with van der Waals surface area (Å²) in [7, 11) is 1.67. The normalized spacial score (nSPS) is 25.1. The lowest BCUT2D eigenvalue weighted by Gasteiger charge is -2.41. The van der Waals surface area contributed by atoms with E-state index in [0.29, 0.717) is 6.61 Å². The number of rotatable bonds is 7. The van der Waals surface area contributed by atoms with E-state index in [2.05, 4.69) is 13.8 Å². The van der Waals surface area contributed by atoms with Crippen molar-refractivity contribution in [3.63, 3.8) is 0 Å². The summed E-state index contributed by atoms with van der Waals surface area (Å²) in [5.41, 5.74) is 1.15. The standard InChI is InChI=1S/C19H30O4/c1-6-16-12-18(23-19(3,4)22-16)11-14(2)21-13-15-7-9-17(20-5)10-8-15/h7-10,14,16,18H,6,11-13H2,1-5H3/t14-,16-,18-/m1/s1. The topological polar surface area (TPSA) is 36.9 Å². The molecule has 0 aliphatic carbocycles. The Morgan fingerprint density at radius 3 is 2.43 bits per heavy atom. The highest BCUT2D eigenvalue weighted by atomic mass is 16.7. The summed E-state index contributed by atoms with van der Waals surface area (Å²) in [6.07, 6.45) is 3.46. The van der Waals surface area contributed by atoms with E-state index in [1.165, 1.54) is 0 Å². The van der Waals surface area contributed by atoms with Gasteiger partial charge in [0.1, 0.15) is 5.75 Å². The van der Waals surface area contributed by atoms with Crippen molar-refractivity contribution < 1.29 is 18.9 Å². The second-order valence-electron chi connectivity index (χ2n) is 6.73. The molecule has 3 atom stereocenters. The third-order valence-electron chi connectivity index (χ3n) is 4.17. The van der Waals surface area contributed by atoms with E-state index in [4.69, 9.17) is 18.9 Å². The van der Waals surface area contributed by atoms with Gasteiger partial charge in [0, 0.05) is 6.42 Å². The van der Waals surface area contributed by atoms with Crippen molar-refractivity contribution in [2.24, 2.45) is 0 Å². The number of hydrogen-bond acceptors (Lipinski definition) is 4. The summed E-state index contributed by atoms with van der Waals surface area (Å²) in [5, 5.41) is 0. The van der Waals surface area contributed by atoms with Gasteiger partial charge in [-0.2, -0.15) is 0 Å². The molecule has 0 aromatic heterocycles. The minimum Gasteiger partial charge on any atom is -0.497 e. The zero-order valence-corrected chi connectivity index (χ0v) is 15.0. The van der Waals surface area contributed by atoms with E-state index < -0.39 is 5.79 Å². The van der Waals surface area contributed by atoms with Crippen LogP contribution in [0.15, 0.2) is 24.3 Å². The zero-order valence-electron chi connectivity index (χ0n) is 15.0. The fraction of sp³-hybridized carbons (Fsp3) is 0.684. The summed E-state index contributed by atoms with van der Waals surface area (Å²) in [6, 6.07) is 7.98. The molecule has 4 nitrogen and oxygen atoms in total. The predicted octanol–water partition coefficient (Wildman–Crippen LogP) is 4.31. The number of benzene rings is 1. The van der Waals surface area contributed by atoms with Crippen molar-refractivity contribution in [2.45, 2.75) is 77.7 Å². The van der Waals surface area contributed by atoms with Gasteiger partial charge >= 0.3 is 0 Å². The van der Waals surface area contributed by atoms with Crippen LogP contribution < -0.4 is 4.74 Å². The molecule has 0 amide bonds. The predicted molar refractivity (Wildman–Crippen MR) is 90.6 cm³/mol. The van der Waals surface area contributed by atoms with Crippen molar-refractivity contribution in [3.8, 4) is 5.75 Å². The first-order valence-corrected chi connectivity index (χ1v) is 8.52. The van der Waals surface area contributed by atoms with Crippen LogP contribution in [0, 0.1) is 0 Å². The Bertz CT molecular complexity index is 469. The molecule has 1 heterocycles. The first-order valence-electron chi connectivity index (χ1n) is 8.52. The number of methoxy groups -OCH3 is 1. The van der Waals surface area contributed by atoms with Crippen molar-refractivity contribution in [2.75, 3.05) is 7.11 Å². The van der Waals surface area contributed by atoms with Crippen LogP contribution in [0.2, 0.25) is 0 Å². The van der Waals surface area contributed by atoms with Gasteiger partial charge in [0.15, 0.2) is 5.79 Å². The Morgan fingerprint density at radius 2 is 1.83 bits per heavy atom. The highest BCUT2D eigenvalue weighted by Gasteiger charge is 2.35. The third kappa shape index (κ3) is 5.79. The Kier molecular flexibility index (Phi) is 6.45. The molecule has 0 bridgehead atoms. The van der Waals surface area contributed by atoms with Crippen molar-refractivity contribution >= 4 is 0 Å². The molecular formula is C19H30O4. The molecule has 130 valence electrons. The zero-order chi connectivity index (χ0) is 16.9. The molecule has 4 heteroatoms. The van der Waals surface area contributed by atoms with Crippen molar-refractivity contribution in [1.29, 1.82) is 0 Å². The molecule has 0 spiro atoms. The maximum absolute atomic E-state index is 6.04. The van der Waals surface area contributed by atoms with Gasteiger partial charge in [0.25, 0.3) is 0 Å². The third-order valence-corrected chi connectivity index (χ3v) is 4.17. The van der Waals surface area contributed by atoms with E-state index in [1.807, 2.05) is 38.1 Å². The van der Waals surface area contributed by atoms with E-state index in [0.717, 1.165) is 30.6 Å². The molecule has 0 saturated carbocycles. The van der Waals surface area contributed by atoms with Crippen LogP contribution in [-0.4, -0.2) is 31.2 Å². The molecule has 23 heavy (non-hydrogen) atoms. The molecule has 1 aliphatic heterocycles. The molecule has 1 aromatic carbocycles. The van der Waals surface area contributed by atoms with Gasteiger partial charge in [0.05, 0.1) is 32.0 Å². The van der Waals surface area contributed by atoms with Gasteiger partial charge in [-0.05, 0) is 51.3 Å². The van der Waals surface area contributed by atoms with Gasteiger partial charge in [-0.25, -0.2) is 0 Å². The molecule has 1 fully saturated rings. The average molecular weight is 322 g/mol. The van der Waals surface area contributed by atoms with Crippen LogP contribution in [0.5, 0.6) is 5.75 Å². The lowest BCUT2D eigenvalue weighted by Crippen LogP contribution is -2.45. The molecule has 0 N–H and O–H groups in total. The van der Waals surface area contributed by atoms with Gasteiger partial charge < -0.3 is 18.9 Å². The lowest BCUT2D eigenvalue weighted by molar-refractivity contribution is -0.303. The van der Waals surface area contributed by atoms with Crippen LogP contribution in [0.3, 0.4) is 0 Å². The van der Waals surface area contributed by atoms with Crippen LogP contribution in [0.25, 0.3) is 0 Å². The van der Waals surface area contributed by atoms with Crippen LogP contribution >= 0.6 is 0 Å². The summed E-state index contributed by atoms with van der Waals surface area (Å²) < 4.78 is 23.1. The fourth-order valence-electron chi connectivity index (χ4n) is 3.01. The Morgan fingerprint density at radius 1 is 1.17 bits per heavy atom. The first kappa shape index (κ1) is 18.2. The van der Waals surface area contributed by atoms with E-state index in [-0.39, 0.29) is 18.3 Å². The molecule has 1 aromatic rings. The van der Waals surface area contributed by atoms with E-state index >= 15 is 0 Å². The Labute approximate surface area is 140 Å². The minimum absolute atomic E-state index is 0.147. The monoisotopic (exact) mass is 322 g/mol. The van der Waals surface area contributed by atoms with Gasteiger partial charge in [-0.15, -0.1) is 0 Å². The second kappa shape index (κ2) is 8.13. The van der Waals surface area contributed by atoms with E-state index in [9.17, 15) is 0 Å². The first-order chi connectivity index (χ1) is 10.9. The highest BCUT2D eigenvalue weighted by Crippen LogP contribution is 2.30. The molecule has 2 rings (SSSR count). The average Bonchev–Trinajstić information content (AvgIpc) is 2.51. The van der Waals surface area contributed by atoms with Gasteiger partial charge in [-0.1, -0.05) is 19.1 Å². The summed E-state index contributed by atoms with van der Waals surface area (Å²) in [6.45, 7) is 8.85. The van der Waals surface area contributed by atoms with Crippen LogP contribution in [0.1, 0.15) is 52.5 Å². The summed E-state index contributed by atoms with van der Waals surface area (Å²) in [4.78, 5) is 0. The van der Waals surface area contributed by atoms with Gasteiger partial charge in [0.2, 0.25) is 0 Å². The fourth-order valence-corrected chi connectivity index (χ4v) is 3.01. The second-order valence-corrected chi connectivity index (χ2v) is 6.73. The highest BCUT2D eigenvalue weighted by molar-refractivity contribution is 5.26. The maximum Gasteiger partial charge on any atom is 0.163 e. The summed E-state index contributed by atoms with van der Waals surface area (Å²) in [5.74, 6) is 0.365. The lowest BCUT2D eigenvalue weighted by atomic mass is 10.0. The van der Waals surface area contributed by atoms with Crippen LogP contribution in [-0.2, 0) is 20.8 Å². The van der Waals surface area contributed by atoms with Crippen molar-refractivity contribution in [1.82, 2.24) is 0 Å². The van der Waals surface area contributed by atoms with Crippen molar-refractivity contribution in [3.05, 3.63) is 29.8 Å². The Hall–Kier alpha value is -1.10. The molecule has 0 radical (unpaired) electrons. The Balaban J connectivity index is 1.80. The molecule has 1 aliphatic rings. The smallest absolute Gasteiger partial charge is 0.163 e. The van der Waals surface area contributed by atoms with Crippen LogP contribution in [0.4, 0.5) is 0 Å². The van der Waals surface area contributed by atoms with Gasteiger partial charge in [-0.3, -0.25) is 0 Å². The molecule has 1 saturated heterocycles. The number of ether oxygens (including phenoxy) is 4. The van der Waals surface area contributed by atoms with E-state index in [1.54, 1.807) is 7.11 Å². The minimum atomic E-state index is -0.501.